The fourth-order valence-electron chi connectivity index (χ4n) is 2.84. The summed E-state index contributed by atoms with van der Waals surface area (Å²) in [6.07, 6.45) is 2.99. The van der Waals surface area contributed by atoms with E-state index >= 15 is 0 Å². The Balaban J connectivity index is 2.19. The monoisotopic (exact) mass is 348 g/mol. The number of methoxy groups -OCH3 is 1. The molecule has 0 spiro atoms. The van der Waals surface area contributed by atoms with Gasteiger partial charge in [0.15, 0.2) is 0 Å². The third-order valence-corrected chi connectivity index (χ3v) is 4.00. The van der Waals surface area contributed by atoms with Crippen LogP contribution in [0.1, 0.15) is 11.1 Å². The summed E-state index contributed by atoms with van der Waals surface area (Å²) in [7, 11) is 1.55. The molecule has 0 aliphatic carbocycles. The molecule has 0 aliphatic heterocycles. The molecule has 1 aromatic heterocycles. The quantitative estimate of drug-likeness (QED) is 0.284. The molecular formula is C21H20N2O3. The Morgan fingerprint density at radius 2 is 1.85 bits per heavy atom. The Kier molecular flexibility index (Phi) is 5.49. The van der Waals surface area contributed by atoms with Gasteiger partial charge >= 0.3 is 0 Å². The normalized spacial score (nSPS) is 11.0. The highest BCUT2D eigenvalue weighted by atomic mass is 16.6. The minimum absolute atomic E-state index is 0.185. The average molecular weight is 348 g/mol. The van der Waals surface area contributed by atoms with Gasteiger partial charge in [-0.25, -0.2) is 0 Å². The molecule has 0 amide bonds. The van der Waals surface area contributed by atoms with Crippen LogP contribution in [0.5, 0.6) is 5.75 Å². The molecule has 0 atom stereocenters. The van der Waals surface area contributed by atoms with Gasteiger partial charge in [-0.1, -0.05) is 60.3 Å². The molecule has 1 heterocycles. The lowest BCUT2D eigenvalue weighted by molar-refractivity contribution is 0.176. The minimum Gasteiger partial charge on any atom is -0.495 e. The van der Waals surface area contributed by atoms with Crippen LogP contribution in [0.15, 0.2) is 77.2 Å². The van der Waals surface area contributed by atoms with E-state index < -0.39 is 0 Å². The molecule has 0 bridgehead atoms. The van der Waals surface area contributed by atoms with Crippen LogP contribution >= 0.6 is 0 Å². The molecule has 2 aromatic carbocycles. The average Bonchev–Trinajstić information content (AvgIpc) is 2.69. The Labute approximate surface area is 151 Å². The Morgan fingerprint density at radius 3 is 2.58 bits per heavy atom. The molecule has 3 rings (SSSR count). The predicted molar refractivity (Wildman–Crippen MR) is 104 cm³/mol. The largest absolute Gasteiger partial charge is 0.495 e. The first-order valence-corrected chi connectivity index (χ1v) is 8.26. The first-order chi connectivity index (χ1) is 12.8. The first-order valence-electron chi connectivity index (χ1n) is 8.26. The van der Waals surface area contributed by atoms with Crippen LogP contribution in [0.2, 0.25) is 0 Å². The zero-order valence-electron chi connectivity index (χ0n) is 14.6. The second kappa shape index (κ2) is 8.16. The molecule has 26 heavy (non-hydrogen) atoms. The Hall–Kier alpha value is -3.34. The highest BCUT2D eigenvalue weighted by Crippen LogP contribution is 2.27. The zero-order chi connectivity index (χ0) is 18.4. The summed E-state index contributed by atoms with van der Waals surface area (Å²) in [6.45, 7) is 4.29. The van der Waals surface area contributed by atoms with Crippen LogP contribution in [0.3, 0.4) is 0 Å². The van der Waals surface area contributed by atoms with Crippen molar-refractivity contribution in [1.82, 2.24) is 4.57 Å². The van der Waals surface area contributed by atoms with Crippen molar-refractivity contribution in [3.63, 3.8) is 0 Å². The van der Waals surface area contributed by atoms with E-state index in [9.17, 15) is 4.79 Å². The number of nitrogens with zero attached hydrogens (tertiary/aromatic N) is 2. The molecule has 0 radical (unpaired) electrons. The van der Waals surface area contributed by atoms with E-state index in [0.29, 0.717) is 17.9 Å². The second-order valence-electron chi connectivity index (χ2n) is 5.66. The minimum atomic E-state index is -0.185. The van der Waals surface area contributed by atoms with Gasteiger partial charge < -0.3 is 14.1 Å². The summed E-state index contributed by atoms with van der Waals surface area (Å²) in [5, 5.41) is 4.71. The third-order valence-electron chi connectivity index (χ3n) is 4.00. The van der Waals surface area contributed by atoms with E-state index in [4.69, 9.17) is 9.57 Å². The van der Waals surface area contributed by atoms with Crippen molar-refractivity contribution in [2.75, 3.05) is 13.7 Å². The Morgan fingerprint density at radius 1 is 1.12 bits per heavy atom. The first kappa shape index (κ1) is 17.5. The van der Waals surface area contributed by atoms with Gasteiger partial charge in [0, 0.05) is 5.39 Å². The van der Waals surface area contributed by atoms with Gasteiger partial charge in [-0.3, -0.25) is 4.79 Å². The Bertz CT molecular complexity index is 991. The SMILES string of the molecule is C=CCO/N=C/c1c(OC)c2ccccc2n(Cc2ccccc2)c1=O. The van der Waals surface area contributed by atoms with Crippen molar-refractivity contribution in [3.8, 4) is 5.75 Å². The van der Waals surface area contributed by atoms with Gasteiger partial charge in [-0.2, -0.15) is 0 Å². The number of oxime groups is 1. The number of fused-ring (bicyclic) bond motifs is 1. The van der Waals surface area contributed by atoms with Gasteiger partial charge in [-0.15, -0.1) is 0 Å². The maximum atomic E-state index is 13.1. The van der Waals surface area contributed by atoms with E-state index in [-0.39, 0.29) is 12.2 Å². The highest BCUT2D eigenvalue weighted by molar-refractivity contribution is 5.95. The summed E-state index contributed by atoms with van der Waals surface area (Å²) in [6, 6.07) is 17.5. The molecule has 0 saturated heterocycles. The van der Waals surface area contributed by atoms with Crippen LogP contribution < -0.4 is 10.3 Å². The molecule has 132 valence electrons. The maximum Gasteiger partial charge on any atom is 0.264 e. The van der Waals surface area contributed by atoms with Crippen LogP contribution in [0.4, 0.5) is 0 Å². The number of ether oxygens (including phenoxy) is 1. The number of rotatable bonds is 7. The highest BCUT2D eigenvalue weighted by Gasteiger charge is 2.16. The summed E-state index contributed by atoms with van der Waals surface area (Å²) in [4.78, 5) is 18.2. The number of benzene rings is 2. The van der Waals surface area contributed by atoms with Gasteiger partial charge in [0.2, 0.25) is 0 Å². The molecule has 0 unspecified atom stereocenters. The van der Waals surface area contributed by atoms with Crippen molar-refractivity contribution in [3.05, 3.63) is 88.7 Å². The molecule has 0 fully saturated rings. The molecule has 5 heteroatoms. The molecular weight excluding hydrogens is 328 g/mol. The number of para-hydroxylation sites is 1. The van der Waals surface area contributed by atoms with E-state index in [1.54, 1.807) is 17.8 Å². The van der Waals surface area contributed by atoms with Crippen LogP contribution in [0.25, 0.3) is 10.9 Å². The molecule has 0 aliphatic rings. The van der Waals surface area contributed by atoms with E-state index in [2.05, 4.69) is 11.7 Å². The second-order valence-corrected chi connectivity index (χ2v) is 5.66. The van der Waals surface area contributed by atoms with Crippen LogP contribution in [-0.2, 0) is 11.4 Å². The smallest absolute Gasteiger partial charge is 0.264 e. The molecule has 0 saturated carbocycles. The van der Waals surface area contributed by atoms with E-state index in [1.165, 1.54) is 6.21 Å². The van der Waals surface area contributed by atoms with E-state index in [0.717, 1.165) is 16.5 Å². The molecule has 0 N–H and O–H groups in total. The fourth-order valence-corrected chi connectivity index (χ4v) is 2.84. The van der Waals surface area contributed by atoms with Gasteiger partial charge in [0.25, 0.3) is 5.56 Å². The van der Waals surface area contributed by atoms with Gasteiger partial charge in [-0.05, 0) is 17.7 Å². The van der Waals surface area contributed by atoms with E-state index in [1.807, 2.05) is 54.6 Å². The van der Waals surface area contributed by atoms with Crippen LogP contribution in [-0.4, -0.2) is 24.5 Å². The lowest BCUT2D eigenvalue weighted by Crippen LogP contribution is -2.25. The van der Waals surface area contributed by atoms with Crippen molar-refractivity contribution in [2.24, 2.45) is 5.16 Å². The summed E-state index contributed by atoms with van der Waals surface area (Å²) < 4.78 is 7.25. The zero-order valence-corrected chi connectivity index (χ0v) is 14.6. The van der Waals surface area contributed by atoms with Gasteiger partial charge in [0.05, 0.1) is 25.4 Å². The van der Waals surface area contributed by atoms with Gasteiger partial charge in [0.1, 0.15) is 17.9 Å². The van der Waals surface area contributed by atoms with Crippen molar-refractivity contribution < 1.29 is 9.57 Å². The topological polar surface area (TPSA) is 52.8 Å². The maximum absolute atomic E-state index is 13.1. The lowest BCUT2D eigenvalue weighted by atomic mass is 10.1. The summed E-state index contributed by atoms with van der Waals surface area (Å²) >= 11 is 0. The van der Waals surface area contributed by atoms with Crippen molar-refractivity contribution in [1.29, 1.82) is 0 Å². The predicted octanol–water partition coefficient (Wildman–Crippen LogP) is 3.59. The fraction of sp³-hybridized carbons (Fsp3) is 0.143. The van der Waals surface area contributed by atoms with Crippen molar-refractivity contribution >= 4 is 17.1 Å². The standard InChI is InChI=1S/C21H20N2O3/c1-3-13-26-22-14-18-20(25-2)17-11-7-8-12-19(17)23(21(18)24)15-16-9-5-4-6-10-16/h3-12,14H,1,13,15H2,2H3/b22-14+. The lowest BCUT2D eigenvalue weighted by Gasteiger charge is -2.15. The number of hydrogen-bond acceptors (Lipinski definition) is 4. The molecule has 5 nitrogen and oxygen atoms in total. The number of pyridine rings is 1. The number of aromatic nitrogens is 1. The third kappa shape index (κ3) is 3.52. The van der Waals surface area contributed by atoms with Crippen LogP contribution in [0, 0.1) is 0 Å². The molecule has 3 aromatic rings. The number of hydrogen-bond donors (Lipinski definition) is 0. The summed E-state index contributed by atoms with van der Waals surface area (Å²) in [5.41, 5.74) is 2.01. The van der Waals surface area contributed by atoms with Crippen molar-refractivity contribution in [2.45, 2.75) is 6.54 Å². The summed E-state index contributed by atoms with van der Waals surface area (Å²) in [5.74, 6) is 0.487.